The third-order valence-corrected chi connectivity index (χ3v) is 8.16. The van der Waals surface area contributed by atoms with Gasteiger partial charge < -0.3 is 64.4 Å². The Balaban J connectivity index is 1.73. The molecule has 3 aromatic rings. The molecule has 52 heavy (non-hydrogen) atoms. The van der Waals surface area contributed by atoms with Gasteiger partial charge in [0.25, 0.3) is 5.91 Å². The van der Waals surface area contributed by atoms with Crippen molar-refractivity contribution in [2.45, 2.75) is 64.4 Å². The number of ether oxygens (including phenoxy) is 6. The van der Waals surface area contributed by atoms with E-state index in [1.54, 1.807) is 13.0 Å². The largest absolute Gasteiger partial charge is 0.507 e. The lowest BCUT2D eigenvalue weighted by atomic mass is 9.99. The summed E-state index contributed by atoms with van der Waals surface area (Å²) < 4.78 is 33.1. The number of carboxylic acid groups (broad SMARTS) is 1. The molecular weight excluding hydrogens is 690 g/mol. The molecule has 0 bridgehead atoms. The maximum absolute atomic E-state index is 13.7. The molecule has 0 aliphatic carbocycles. The first-order valence-electron chi connectivity index (χ1n) is 15.7. The van der Waals surface area contributed by atoms with Crippen molar-refractivity contribution in [2.24, 2.45) is 0 Å². The van der Waals surface area contributed by atoms with E-state index in [1.807, 2.05) is 0 Å². The second-order valence-corrected chi connectivity index (χ2v) is 11.9. The standard InChI is InChI=1S/C35H39NO16/c1-14-8-19(10-21(38)25(14)31(42)36-17(4)32(43)44)49-34(46)27-16(3)9-20(50-33(45)26-15(2)7-18(47-5)11-22(26)48-6)12-23(27)51-35-30(41)29(40)28(39)24(13-37)52-35/h7-12,17,24,28-30,35,37-41H,13H2,1-6H3,(H,36,42)(H,43,44)/t17-,24-,28-,29+,30-,35+/m1/s1. The predicted octanol–water partition coefficient (Wildman–Crippen LogP) is 1.15. The van der Waals surface area contributed by atoms with Crippen LogP contribution in [-0.4, -0.2) is 112 Å². The summed E-state index contributed by atoms with van der Waals surface area (Å²) in [4.78, 5) is 51.0. The number of aliphatic hydroxyl groups excluding tert-OH is 4. The smallest absolute Gasteiger partial charge is 0.347 e. The number of hydrogen-bond acceptors (Lipinski definition) is 15. The van der Waals surface area contributed by atoms with E-state index in [-0.39, 0.29) is 45.1 Å². The summed E-state index contributed by atoms with van der Waals surface area (Å²) in [6, 6.07) is 6.42. The summed E-state index contributed by atoms with van der Waals surface area (Å²) in [5.41, 5.74) is 0.182. The highest BCUT2D eigenvalue weighted by atomic mass is 16.7. The Kier molecular flexibility index (Phi) is 12.3. The third-order valence-electron chi connectivity index (χ3n) is 8.16. The van der Waals surface area contributed by atoms with E-state index in [4.69, 9.17) is 33.5 Å². The lowest BCUT2D eigenvalue weighted by molar-refractivity contribution is -0.277. The first-order valence-corrected chi connectivity index (χ1v) is 15.7. The minimum Gasteiger partial charge on any atom is -0.507 e. The van der Waals surface area contributed by atoms with Gasteiger partial charge in [0.1, 0.15) is 76.1 Å². The van der Waals surface area contributed by atoms with Gasteiger partial charge in [-0.25, -0.2) is 9.59 Å². The topological polar surface area (TPSA) is 257 Å². The molecule has 280 valence electrons. The van der Waals surface area contributed by atoms with Crippen LogP contribution in [-0.2, 0) is 9.53 Å². The number of phenols is 1. The van der Waals surface area contributed by atoms with Gasteiger partial charge in [-0.15, -0.1) is 0 Å². The average Bonchev–Trinajstić information content (AvgIpc) is 3.07. The number of methoxy groups -OCH3 is 2. The molecule has 0 spiro atoms. The number of carbonyl (C=O) groups excluding carboxylic acids is 3. The summed E-state index contributed by atoms with van der Waals surface area (Å²) in [6.45, 7) is 4.95. The van der Waals surface area contributed by atoms with E-state index in [2.05, 4.69) is 5.32 Å². The lowest BCUT2D eigenvalue weighted by Gasteiger charge is -2.39. The fourth-order valence-electron chi connectivity index (χ4n) is 5.43. The number of aromatic hydroxyl groups is 1. The molecule has 3 aromatic carbocycles. The zero-order valence-electron chi connectivity index (χ0n) is 28.9. The Labute approximate surface area is 296 Å². The van der Waals surface area contributed by atoms with Crippen LogP contribution in [0.4, 0.5) is 0 Å². The maximum atomic E-state index is 13.7. The van der Waals surface area contributed by atoms with E-state index in [1.165, 1.54) is 53.2 Å². The van der Waals surface area contributed by atoms with Crippen molar-refractivity contribution < 1.29 is 78.2 Å². The summed E-state index contributed by atoms with van der Waals surface area (Å²) in [7, 11) is 2.80. The monoisotopic (exact) mass is 729 g/mol. The quantitative estimate of drug-likeness (QED) is 0.102. The summed E-state index contributed by atoms with van der Waals surface area (Å²) in [5.74, 6) is -4.99. The Morgan fingerprint density at radius 2 is 1.27 bits per heavy atom. The highest BCUT2D eigenvalue weighted by molar-refractivity contribution is 6.01. The van der Waals surface area contributed by atoms with Crippen LogP contribution in [0, 0.1) is 20.8 Å². The van der Waals surface area contributed by atoms with Gasteiger partial charge >= 0.3 is 17.9 Å². The summed E-state index contributed by atoms with van der Waals surface area (Å²) >= 11 is 0. The van der Waals surface area contributed by atoms with Crippen molar-refractivity contribution in [3.8, 4) is 34.5 Å². The minimum atomic E-state index is -1.89. The Morgan fingerprint density at radius 1 is 0.750 bits per heavy atom. The fraction of sp³-hybridized carbons (Fsp3) is 0.371. The number of esters is 2. The fourth-order valence-corrected chi connectivity index (χ4v) is 5.43. The minimum absolute atomic E-state index is 0.0607. The highest BCUT2D eigenvalue weighted by Crippen LogP contribution is 2.36. The molecule has 1 aliphatic rings. The van der Waals surface area contributed by atoms with Gasteiger partial charge in [-0.1, -0.05) is 0 Å². The number of benzene rings is 3. The van der Waals surface area contributed by atoms with Crippen molar-refractivity contribution in [1.82, 2.24) is 5.32 Å². The molecule has 17 nitrogen and oxygen atoms in total. The number of carbonyl (C=O) groups is 4. The van der Waals surface area contributed by atoms with Crippen LogP contribution in [0.3, 0.4) is 0 Å². The number of aryl methyl sites for hydroxylation is 3. The second-order valence-electron chi connectivity index (χ2n) is 11.9. The van der Waals surface area contributed by atoms with Gasteiger partial charge in [0.2, 0.25) is 6.29 Å². The Bertz CT molecular complexity index is 1830. The van der Waals surface area contributed by atoms with Crippen molar-refractivity contribution >= 4 is 23.8 Å². The van der Waals surface area contributed by atoms with Gasteiger partial charge in [0.05, 0.1) is 26.4 Å². The zero-order chi connectivity index (χ0) is 38.6. The molecule has 4 rings (SSSR count). The van der Waals surface area contributed by atoms with E-state index in [0.29, 0.717) is 11.3 Å². The Hall–Kier alpha value is -5.46. The number of carboxylic acids is 1. The second kappa shape index (κ2) is 16.3. The molecule has 1 heterocycles. The van der Waals surface area contributed by atoms with Gasteiger partial charge in [-0.05, 0) is 62.6 Å². The molecule has 0 aromatic heterocycles. The molecule has 0 saturated carbocycles. The normalized spacial score (nSPS) is 20.3. The molecule has 7 N–H and O–H groups in total. The molecule has 1 fully saturated rings. The molecule has 17 heteroatoms. The molecule has 1 saturated heterocycles. The Morgan fingerprint density at radius 3 is 1.79 bits per heavy atom. The highest BCUT2D eigenvalue weighted by Gasteiger charge is 2.45. The molecule has 0 radical (unpaired) electrons. The lowest BCUT2D eigenvalue weighted by Crippen LogP contribution is -2.60. The third kappa shape index (κ3) is 8.35. The molecule has 6 atom stereocenters. The van der Waals surface area contributed by atoms with Crippen LogP contribution in [0.1, 0.15) is 54.7 Å². The number of aliphatic carboxylic acids is 1. The van der Waals surface area contributed by atoms with Crippen molar-refractivity contribution in [3.05, 3.63) is 69.8 Å². The van der Waals surface area contributed by atoms with Crippen LogP contribution < -0.4 is 29.0 Å². The molecule has 1 amide bonds. The van der Waals surface area contributed by atoms with E-state index < -0.39 is 78.7 Å². The number of hydrogen-bond donors (Lipinski definition) is 7. The van der Waals surface area contributed by atoms with E-state index in [0.717, 1.165) is 12.1 Å². The maximum Gasteiger partial charge on any atom is 0.347 e. The van der Waals surface area contributed by atoms with Crippen molar-refractivity contribution in [1.29, 1.82) is 0 Å². The number of aliphatic hydroxyl groups is 4. The van der Waals surface area contributed by atoms with Crippen LogP contribution in [0.15, 0.2) is 36.4 Å². The van der Waals surface area contributed by atoms with Crippen LogP contribution >= 0.6 is 0 Å². The van der Waals surface area contributed by atoms with Crippen molar-refractivity contribution in [3.63, 3.8) is 0 Å². The van der Waals surface area contributed by atoms with Crippen LogP contribution in [0.5, 0.6) is 34.5 Å². The van der Waals surface area contributed by atoms with Crippen LogP contribution in [0.2, 0.25) is 0 Å². The van der Waals surface area contributed by atoms with Crippen LogP contribution in [0.25, 0.3) is 0 Å². The van der Waals surface area contributed by atoms with E-state index >= 15 is 0 Å². The SMILES string of the molecule is COc1cc(C)c(C(=O)Oc2cc(C)c(C(=O)Oc3cc(C)c(C(=O)N[C@H](C)C(=O)O)c(O)c3)c(O[C@H]3O[C@H](CO)[C@@H](O)[C@H](O)[C@H]3O)c2)c(OC)c1. The summed E-state index contributed by atoms with van der Waals surface area (Å²) in [6.07, 6.45) is -8.57. The number of phenolic OH excluding ortho intramolecular Hbond substituents is 1. The van der Waals surface area contributed by atoms with Crippen molar-refractivity contribution in [2.75, 3.05) is 20.8 Å². The zero-order valence-corrected chi connectivity index (χ0v) is 28.9. The average molecular weight is 730 g/mol. The molecule has 1 aliphatic heterocycles. The predicted molar refractivity (Wildman–Crippen MR) is 177 cm³/mol. The van der Waals surface area contributed by atoms with Gasteiger partial charge in [0, 0.05) is 18.2 Å². The number of amides is 1. The first-order chi connectivity index (χ1) is 24.5. The van der Waals surface area contributed by atoms with Gasteiger partial charge in [-0.3, -0.25) is 9.59 Å². The molecular formula is C35H39NO16. The van der Waals surface area contributed by atoms with Gasteiger partial charge in [0.15, 0.2) is 0 Å². The van der Waals surface area contributed by atoms with E-state index in [9.17, 15) is 44.7 Å². The number of rotatable bonds is 12. The van der Waals surface area contributed by atoms with Gasteiger partial charge in [-0.2, -0.15) is 0 Å². The first kappa shape index (κ1) is 39.3. The molecule has 0 unspecified atom stereocenters. The summed E-state index contributed by atoms with van der Waals surface area (Å²) in [5, 5.41) is 62.9. The number of nitrogens with one attached hydrogen (secondary N) is 1.